The van der Waals surface area contributed by atoms with Crippen LogP contribution in [0.1, 0.15) is 36.1 Å². The molecule has 0 fully saturated rings. The molecule has 0 spiro atoms. The summed E-state index contributed by atoms with van der Waals surface area (Å²) in [4.78, 5) is 12.5. The maximum Gasteiger partial charge on any atom is 0.327 e. The van der Waals surface area contributed by atoms with Crippen molar-refractivity contribution < 1.29 is 14.3 Å². The minimum atomic E-state index is -0.432. The van der Waals surface area contributed by atoms with Gasteiger partial charge in [0.1, 0.15) is 11.8 Å². The Balaban J connectivity index is 1.77. The summed E-state index contributed by atoms with van der Waals surface area (Å²) in [5.41, 5.74) is 3.52. The van der Waals surface area contributed by atoms with Gasteiger partial charge >= 0.3 is 5.97 Å². The molecular formula is C21H25NO3. The second-order valence-electron chi connectivity index (χ2n) is 6.30. The number of nitrogens with one attached hydrogen (secondary N) is 1. The fourth-order valence-electron chi connectivity index (χ4n) is 3.51. The Bertz CT molecular complexity index is 714. The van der Waals surface area contributed by atoms with E-state index in [4.69, 9.17) is 9.47 Å². The molecule has 2 aromatic rings. The van der Waals surface area contributed by atoms with Crippen LogP contribution >= 0.6 is 0 Å². The molecule has 0 amide bonds. The predicted molar refractivity (Wildman–Crippen MR) is 97.8 cm³/mol. The smallest absolute Gasteiger partial charge is 0.327 e. The summed E-state index contributed by atoms with van der Waals surface area (Å²) in [6, 6.07) is 15.8. The van der Waals surface area contributed by atoms with E-state index in [-0.39, 0.29) is 12.0 Å². The van der Waals surface area contributed by atoms with Gasteiger partial charge in [-0.2, -0.15) is 0 Å². The van der Waals surface area contributed by atoms with Crippen molar-refractivity contribution in [3.63, 3.8) is 0 Å². The summed E-state index contributed by atoms with van der Waals surface area (Å²) in [6.07, 6.45) is 2.80. The molecule has 0 saturated carbocycles. The van der Waals surface area contributed by atoms with Crippen LogP contribution in [0.3, 0.4) is 0 Å². The molecule has 2 atom stereocenters. The number of hydrogen-bond acceptors (Lipinski definition) is 4. The third kappa shape index (κ3) is 4.02. The van der Waals surface area contributed by atoms with Crippen molar-refractivity contribution in [2.45, 2.75) is 38.3 Å². The number of carbonyl (C=O) groups excluding carboxylic acids is 1. The number of ether oxygens (including phenoxy) is 2. The molecule has 0 saturated heterocycles. The van der Waals surface area contributed by atoms with Gasteiger partial charge in [-0.15, -0.1) is 0 Å². The molecule has 25 heavy (non-hydrogen) atoms. The van der Waals surface area contributed by atoms with Crippen molar-refractivity contribution in [2.75, 3.05) is 13.7 Å². The molecule has 0 aromatic heterocycles. The van der Waals surface area contributed by atoms with Gasteiger partial charge in [0.2, 0.25) is 0 Å². The van der Waals surface area contributed by atoms with Crippen LogP contribution in [0.15, 0.2) is 48.5 Å². The van der Waals surface area contributed by atoms with Gasteiger partial charge in [-0.3, -0.25) is 5.32 Å². The number of benzene rings is 2. The minimum absolute atomic E-state index is 0.217. The van der Waals surface area contributed by atoms with E-state index in [0.29, 0.717) is 6.61 Å². The lowest BCUT2D eigenvalue weighted by Gasteiger charge is -2.30. The van der Waals surface area contributed by atoms with Crippen LogP contribution < -0.4 is 10.1 Å². The second kappa shape index (κ2) is 8.17. The minimum Gasteiger partial charge on any atom is -0.496 e. The van der Waals surface area contributed by atoms with Crippen LogP contribution in [0.2, 0.25) is 0 Å². The van der Waals surface area contributed by atoms with Crippen LogP contribution in [0, 0.1) is 0 Å². The van der Waals surface area contributed by atoms with Crippen molar-refractivity contribution in [3.05, 3.63) is 65.2 Å². The number of hydrogen-bond donors (Lipinski definition) is 1. The van der Waals surface area contributed by atoms with Gasteiger partial charge in [0, 0.05) is 6.04 Å². The highest BCUT2D eigenvalue weighted by Crippen LogP contribution is 2.30. The van der Waals surface area contributed by atoms with Crippen LogP contribution in [-0.4, -0.2) is 25.7 Å². The van der Waals surface area contributed by atoms with E-state index in [1.807, 2.05) is 49.4 Å². The highest BCUT2D eigenvalue weighted by atomic mass is 16.5. The molecule has 0 heterocycles. The van der Waals surface area contributed by atoms with E-state index in [1.54, 1.807) is 7.11 Å². The van der Waals surface area contributed by atoms with E-state index < -0.39 is 6.04 Å². The number of esters is 1. The van der Waals surface area contributed by atoms with E-state index in [9.17, 15) is 4.79 Å². The first kappa shape index (κ1) is 17.5. The first-order valence-corrected chi connectivity index (χ1v) is 8.85. The molecule has 4 heteroatoms. The van der Waals surface area contributed by atoms with E-state index in [2.05, 4.69) is 11.4 Å². The Kier molecular flexibility index (Phi) is 5.71. The summed E-state index contributed by atoms with van der Waals surface area (Å²) < 4.78 is 10.8. The van der Waals surface area contributed by atoms with Crippen molar-refractivity contribution in [3.8, 4) is 5.75 Å². The molecule has 2 aromatic carbocycles. The maximum atomic E-state index is 12.5. The number of carbonyl (C=O) groups is 1. The first-order chi connectivity index (χ1) is 12.2. The Morgan fingerprint density at radius 3 is 2.72 bits per heavy atom. The Morgan fingerprint density at radius 2 is 2.00 bits per heavy atom. The van der Waals surface area contributed by atoms with Crippen LogP contribution in [-0.2, 0) is 22.4 Å². The van der Waals surface area contributed by atoms with Gasteiger partial charge in [0.05, 0.1) is 13.7 Å². The SMILES string of the molecule is CCOC(=O)C(N[C@H]1CCc2c(cccc2OC)C1)c1ccccc1. The van der Waals surface area contributed by atoms with Crippen molar-refractivity contribution in [1.82, 2.24) is 5.32 Å². The normalized spacial score (nSPS) is 17.4. The van der Waals surface area contributed by atoms with Gasteiger partial charge in [0.15, 0.2) is 0 Å². The lowest BCUT2D eigenvalue weighted by molar-refractivity contribution is -0.146. The van der Waals surface area contributed by atoms with E-state index in [0.717, 1.165) is 30.6 Å². The highest BCUT2D eigenvalue weighted by Gasteiger charge is 2.28. The number of fused-ring (bicyclic) bond motifs is 1. The van der Waals surface area contributed by atoms with Gasteiger partial charge in [-0.1, -0.05) is 42.5 Å². The second-order valence-corrected chi connectivity index (χ2v) is 6.30. The fourth-order valence-corrected chi connectivity index (χ4v) is 3.51. The summed E-state index contributed by atoms with van der Waals surface area (Å²) in [5.74, 6) is 0.742. The van der Waals surface area contributed by atoms with E-state index in [1.165, 1.54) is 11.1 Å². The highest BCUT2D eigenvalue weighted by molar-refractivity contribution is 5.77. The lowest BCUT2D eigenvalue weighted by atomic mass is 9.87. The largest absolute Gasteiger partial charge is 0.496 e. The van der Waals surface area contributed by atoms with Gasteiger partial charge in [-0.25, -0.2) is 4.79 Å². The molecule has 1 unspecified atom stereocenters. The third-order valence-electron chi connectivity index (χ3n) is 4.72. The van der Waals surface area contributed by atoms with Crippen molar-refractivity contribution in [1.29, 1.82) is 0 Å². The van der Waals surface area contributed by atoms with Crippen LogP contribution in [0.4, 0.5) is 0 Å². The number of methoxy groups -OCH3 is 1. The summed E-state index contributed by atoms with van der Waals surface area (Å²) in [7, 11) is 1.71. The molecule has 0 radical (unpaired) electrons. The Morgan fingerprint density at radius 1 is 1.20 bits per heavy atom. The molecule has 4 nitrogen and oxygen atoms in total. The molecular weight excluding hydrogens is 314 g/mol. The molecule has 1 N–H and O–H groups in total. The molecule has 0 bridgehead atoms. The fraction of sp³-hybridized carbons (Fsp3) is 0.381. The zero-order valence-electron chi connectivity index (χ0n) is 14.8. The van der Waals surface area contributed by atoms with Crippen LogP contribution in [0.25, 0.3) is 0 Å². The van der Waals surface area contributed by atoms with Crippen molar-refractivity contribution in [2.24, 2.45) is 0 Å². The summed E-state index contributed by atoms with van der Waals surface area (Å²) in [6.45, 7) is 2.22. The van der Waals surface area contributed by atoms with E-state index >= 15 is 0 Å². The average Bonchev–Trinajstić information content (AvgIpc) is 2.66. The molecule has 1 aliphatic carbocycles. The first-order valence-electron chi connectivity index (χ1n) is 8.85. The molecule has 3 rings (SSSR count). The predicted octanol–water partition coefficient (Wildman–Crippen LogP) is 3.45. The molecule has 0 aliphatic heterocycles. The topological polar surface area (TPSA) is 47.6 Å². The molecule has 132 valence electrons. The average molecular weight is 339 g/mol. The van der Waals surface area contributed by atoms with Crippen molar-refractivity contribution >= 4 is 5.97 Å². The lowest BCUT2D eigenvalue weighted by Crippen LogP contribution is -2.41. The quantitative estimate of drug-likeness (QED) is 0.819. The summed E-state index contributed by atoms with van der Waals surface area (Å²) in [5, 5.41) is 3.52. The van der Waals surface area contributed by atoms with Gasteiger partial charge in [-0.05, 0) is 48.9 Å². The monoisotopic (exact) mass is 339 g/mol. The molecule has 1 aliphatic rings. The maximum absolute atomic E-state index is 12.5. The van der Waals surface area contributed by atoms with Gasteiger partial charge in [0.25, 0.3) is 0 Å². The third-order valence-corrected chi connectivity index (χ3v) is 4.72. The Labute approximate surface area is 149 Å². The Hall–Kier alpha value is -2.33. The van der Waals surface area contributed by atoms with Gasteiger partial charge < -0.3 is 9.47 Å². The number of rotatable bonds is 6. The zero-order chi connectivity index (χ0) is 17.6. The van der Waals surface area contributed by atoms with Crippen LogP contribution in [0.5, 0.6) is 5.75 Å². The zero-order valence-corrected chi connectivity index (χ0v) is 14.8. The standard InChI is InChI=1S/C21H25NO3/c1-3-25-21(23)20(15-8-5-4-6-9-15)22-17-12-13-18-16(14-17)10-7-11-19(18)24-2/h4-11,17,20,22H,3,12-14H2,1-2H3/t17-,20?/m0/s1. The summed E-state index contributed by atoms with van der Waals surface area (Å²) >= 11 is 0.